The molecule has 2 aromatic rings. The highest BCUT2D eigenvalue weighted by Crippen LogP contribution is 2.29. The van der Waals surface area contributed by atoms with Gasteiger partial charge in [0.1, 0.15) is 0 Å². The van der Waals surface area contributed by atoms with Crippen LogP contribution in [0.4, 0.5) is 5.69 Å². The quantitative estimate of drug-likeness (QED) is 0.624. The highest BCUT2D eigenvalue weighted by molar-refractivity contribution is 5.96. The van der Waals surface area contributed by atoms with E-state index in [9.17, 15) is 0 Å². The lowest BCUT2D eigenvalue weighted by molar-refractivity contribution is 0.397. The first-order valence-corrected chi connectivity index (χ1v) is 5.09. The first-order chi connectivity index (χ1) is 7.72. The highest BCUT2D eigenvalue weighted by atomic mass is 35.5. The zero-order chi connectivity index (χ0) is 11.5. The SMILES string of the molecule is COC(N)=Nc1c(C)ccc2ccccc12.Cl. The number of aryl methyl sites for hydroxylation is 1. The molecule has 4 heteroatoms. The molecule has 0 saturated heterocycles. The minimum atomic E-state index is 0. The Kier molecular flexibility index (Phi) is 4.35. The number of ether oxygens (including phenoxy) is 1. The van der Waals surface area contributed by atoms with E-state index in [-0.39, 0.29) is 18.4 Å². The molecule has 0 aliphatic carbocycles. The summed E-state index contributed by atoms with van der Waals surface area (Å²) in [5.41, 5.74) is 7.55. The van der Waals surface area contributed by atoms with Gasteiger partial charge in [-0.1, -0.05) is 36.4 Å². The van der Waals surface area contributed by atoms with Gasteiger partial charge in [0.2, 0.25) is 0 Å². The monoisotopic (exact) mass is 250 g/mol. The third kappa shape index (κ3) is 2.68. The molecule has 2 N–H and O–H groups in total. The van der Waals surface area contributed by atoms with Crippen LogP contribution in [0.3, 0.4) is 0 Å². The molecule has 0 bridgehead atoms. The van der Waals surface area contributed by atoms with E-state index in [1.54, 1.807) is 0 Å². The van der Waals surface area contributed by atoms with Crippen LogP contribution in [0.25, 0.3) is 10.8 Å². The summed E-state index contributed by atoms with van der Waals surface area (Å²) in [6, 6.07) is 12.4. The lowest BCUT2D eigenvalue weighted by Crippen LogP contribution is -2.12. The Balaban J connectivity index is 0.00000144. The summed E-state index contributed by atoms with van der Waals surface area (Å²) in [4.78, 5) is 4.28. The Bertz CT molecular complexity index is 552. The Labute approximate surface area is 107 Å². The third-order valence-corrected chi connectivity index (χ3v) is 2.53. The molecule has 0 radical (unpaired) electrons. The van der Waals surface area contributed by atoms with E-state index in [0.29, 0.717) is 0 Å². The molecule has 2 aromatic carbocycles. The first-order valence-electron chi connectivity index (χ1n) is 5.09. The molecule has 3 nitrogen and oxygen atoms in total. The minimum absolute atomic E-state index is 0. The number of amidine groups is 1. The van der Waals surface area contributed by atoms with E-state index in [0.717, 1.165) is 22.0 Å². The topological polar surface area (TPSA) is 47.6 Å². The zero-order valence-electron chi connectivity index (χ0n) is 9.81. The number of hydrogen-bond donors (Lipinski definition) is 1. The fourth-order valence-corrected chi connectivity index (χ4v) is 1.67. The highest BCUT2D eigenvalue weighted by Gasteiger charge is 2.03. The number of hydrogen-bond acceptors (Lipinski definition) is 2. The number of methoxy groups -OCH3 is 1. The van der Waals surface area contributed by atoms with E-state index in [1.165, 1.54) is 7.11 Å². The zero-order valence-corrected chi connectivity index (χ0v) is 10.6. The maximum absolute atomic E-state index is 5.59. The molecular formula is C13H15ClN2O. The second kappa shape index (κ2) is 5.55. The van der Waals surface area contributed by atoms with Crippen molar-refractivity contribution in [1.29, 1.82) is 0 Å². The molecule has 0 atom stereocenters. The van der Waals surface area contributed by atoms with Crippen molar-refractivity contribution in [3.05, 3.63) is 42.0 Å². The molecular weight excluding hydrogens is 236 g/mol. The predicted molar refractivity (Wildman–Crippen MR) is 74.2 cm³/mol. The number of fused-ring (bicyclic) bond motifs is 1. The van der Waals surface area contributed by atoms with E-state index in [1.807, 2.05) is 31.2 Å². The van der Waals surface area contributed by atoms with Crippen molar-refractivity contribution in [2.45, 2.75) is 6.92 Å². The fraction of sp³-hybridized carbons (Fsp3) is 0.154. The molecule has 0 fully saturated rings. The van der Waals surface area contributed by atoms with Gasteiger partial charge in [-0.15, -0.1) is 12.4 Å². The lowest BCUT2D eigenvalue weighted by atomic mass is 10.1. The van der Waals surface area contributed by atoms with Gasteiger partial charge in [-0.25, -0.2) is 0 Å². The van der Waals surface area contributed by atoms with Crippen molar-refractivity contribution in [2.75, 3.05) is 7.11 Å². The molecule has 0 heterocycles. The molecule has 2 rings (SSSR count). The largest absolute Gasteiger partial charge is 0.469 e. The number of nitrogens with two attached hydrogens (primary N) is 1. The fourth-order valence-electron chi connectivity index (χ4n) is 1.67. The molecule has 17 heavy (non-hydrogen) atoms. The van der Waals surface area contributed by atoms with Crippen molar-refractivity contribution >= 4 is 34.9 Å². The van der Waals surface area contributed by atoms with E-state index in [2.05, 4.69) is 17.1 Å². The molecule has 0 aliphatic rings. The standard InChI is InChI=1S/C13H14N2O.ClH/c1-9-7-8-10-5-3-4-6-11(10)12(9)15-13(14)16-2;/h3-8H,1-2H3,(H2,14,15);1H. The van der Waals surface area contributed by atoms with Crippen LogP contribution in [0.2, 0.25) is 0 Å². The number of halogens is 1. The second-order valence-corrected chi connectivity index (χ2v) is 3.61. The summed E-state index contributed by atoms with van der Waals surface area (Å²) in [5, 5.41) is 2.23. The van der Waals surface area contributed by atoms with Gasteiger partial charge in [0.15, 0.2) is 0 Å². The summed E-state index contributed by atoms with van der Waals surface area (Å²) in [5.74, 6) is 0. The van der Waals surface area contributed by atoms with Crippen LogP contribution in [0.1, 0.15) is 5.56 Å². The third-order valence-electron chi connectivity index (χ3n) is 2.53. The average Bonchev–Trinajstić information content (AvgIpc) is 2.32. The number of rotatable bonds is 1. The maximum Gasteiger partial charge on any atom is 0.286 e. The van der Waals surface area contributed by atoms with E-state index >= 15 is 0 Å². The van der Waals surface area contributed by atoms with Gasteiger partial charge in [0.25, 0.3) is 6.02 Å². The minimum Gasteiger partial charge on any atom is -0.469 e. The summed E-state index contributed by atoms with van der Waals surface area (Å²) >= 11 is 0. The van der Waals surface area contributed by atoms with Gasteiger partial charge >= 0.3 is 0 Å². The molecule has 0 saturated carbocycles. The average molecular weight is 251 g/mol. The lowest BCUT2D eigenvalue weighted by Gasteiger charge is -2.06. The van der Waals surface area contributed by atoms with Crippen molar-refractivity contribution in [2.24, 2.45) is 10.7 Å². The smallest absolute Gasteiger partial charge is 0.286 e. The second-order valence-electron chi connectivity index (χ2n) is 3.61. The Morgan fingerprint density at radius 2 is 1.88 bits per heavy atom. The van der Waals surface area contributed by atoms with Gasteiger partial charge in [-0.3, -0.25) is 0 Å². The summed E-state index contributed by atoms with van der Waals surface area (Å²) < 4.78 is 4.89. The van der Waals surface area contributed by atoms with Gasteiger partial charge in [0, 0.05) is 5.39 Å². The first kappa shape index (κ1) is 13.3. The van der Waals surface area contributed by atoms with Crippen LogP contribution in [-0.4, -0.2) is 13.1 Å². The van der Waals surface area contributed by atoms with Crippen LogP contribution in [-0.2, 0) is 4.74 Å². The van der Waals surface area contributed by atoms with Crippen LogP contribution in [0.5, 0.6) is 0 Å². The molecule has 0 unspecified atom stereocenters. The molecule has 0 amide bonds. The van der Waals surface area contributed by atoms with Crippen LogP contribution >= 0.6 is 12.4 Å². The summed E-state index contributed by atoms with van der Waals surface area (Å²) in [6.45, 7) is 2.01. The van der Waals surface area contributed by atoms with Gasteiger partial charge < -0.3 is 10.5 Å². The van der Waals surface area contributed by atoms with Gasteiger partial charge in [0.05, 0.1) is 12.8 Å². The van der Waals surface area contributed by atoms with E-state index in [4.69, 9.17) is 10.5 Å². The molecule has 90 valence electrons. The van der Waals surface area contributed by atoms with Crippen LogP contribution in [0.15, 0.2) is 41.4 Å². The number of benzene rings is 2. The van der Waals surface area contributed by atoms with E-state index < -0.39 is 0 Å². The summed E-state index contributed by atoms with van der Waals surface area (Å²) in [7, 11) is 1.51. The van der Waals surface area contributed by atoms with Crippen molar-refractivity contribution < 1.29 is 4.74 Å². The summed E-state index contributed by atoms with van der Waals surface area (Å²) in [6.07, 6.45) is 0. The van der Waals surface area contributed by atoms with Crippen LogP contribution < -0.4 is 5.73 Å². The molecule has 0 aliphatic heterocycles. The van der Waals surface area contributed by atoms with Crippen molar-refractivity contribution in [1.82, 2.24) is 0 Å². The van der Waals surface area contributed by atoms with Crippen molar-refractivity contribution in [3.8, 4) is 0 Å². The number of nitrogens with zero attached hydrogens (tertiary/aromatic N) is 1. The number of aliphatic imine (C=N–C) groups is 1. The van der Waals surface area contributed by atoms with Crippen LogP contribution in [0, 0.1) is 6.92 Å². The maximum atomic E-state index is 5.59. The normalized spacial score (nSPS) is 11.1. The Morgan fingerprint density at radius 1 is 1.18 bits per heavy atom. The molecule has 0 spiro atoms. The van der Waals surface area contributed by atoms with Gasteiger partial charge in [-0.2, -0.15) is 4.99 Å². The van der Waals surface area contributed by atoms with Crippen molar-refractivity contribution in [3.63, 3.8) is 0 Å². The molecule has 0 aromatic heterocycles. The van der Waals surface area contributed by atoms with Gasteiger partial charge in [-0.05, 0) is 17.9 Å². The Morgan fingerprint density at radius 3 is 2.59 bits per heavy atom. The Hall–Kier alpha value is -1.74. The predicted octanol–water partition coefficient (Wildman–Crippen LogP) is 3.16.